The third kappa shape index (κ3) is 6.52. The first kappa shape index (κ1) is 15.9. The maximum atomic E-state index is 13.4. The Morgan fingerprint density at radius 1 is 1.26 bits per heavy atom. The van der Waals surface area contributed by atoms with Crippen molar-refractivity contribution in [1.82, 2.24) is 5.32 Å². The molecule has 0 aliphatic heterocycles. The Balaban J connectivity index is 2.58. The van der Waals surface area contributed by atoms with Gasteiger partial charge in [-0.15, -0.1) is 0 Å². The molecule has 5 heteroatoms. The molecule has 0 aliphatic rings. The van der Waals surface area contributed by atoms with Gasteiger partial charge < -0.3 is 19.9 Å². The van der Waals surface area contributed by atoms with Gasteiger partial charge in [-0.05, 0) is 17.7 Å². The standard InChI is InChI=1S/C14H22FNO3/c1-10(2)16-7-11-4-12(15)6-14(5-11)19-9-13(17)8-18-3/h4-6,10,13,16-17H,7-9H2,1-3H3. The lowest BCUT2D eigenvalue weighted by atomic mass is 10.2. The first-order chi connectivity index (χ1) is 9.01. The minimum Gasteiger partial charge on any atom is -0.491 e. The molecule has 0 radical (unpaired) electrons. The molecule has 0 saturated carbocycles. The number of nitrogens with one attached hydrogen (secondary N) is 1. The molecule has 0 saturated heterocycles. The lowest BCUT2D eigenvalue weighted by Crippen LogP contribution is -2.23. The average molecular weight is 271 g/mol. The van der Waals surface area contributed by atoms with E-state index in [1.165, 1.54) is 19.2 Å². The van der Waals surface area contributed by atoms with Gasteiger partial charge in [-0.1, -0.05) is 13.8 Å². The summed E-state index contributed by atoms with van der Waals surface area (Å²) in [6, 6.07) is 4.86. The Labute approximate surface area is 113 Å². The fourth-order valence-corrected chi connectivity index (χ4v) is 1.56. The van der Waals surface area contributed by atoms with Gasteiger partial charge in [0.15, 0.2) is 0 Å². The fourth-order valence-electron chi connectivity index (χ4n) is 1.56. The van der Waals surface area contributed by atoms with E-state index in [0.717, 1.165) is 5.56 Å². The highest BCUT2D eigenvalue weighted by Crippen LogP contribution is 2.17. The van der Waals surface area contributed by atoms with Crippen LogP contribution in [0.3, 0.4) is 0 Å². The molecule has 1 aromatic carbocycles. The van der Waals surface area contributed by atoms with Crippen LogP contribution in [0.1, 0.15) is 19.4 Å². The minimum absolute atomic E-state index is 0.0777. The summed E-state index contributed by atoms with van der Waals surface area (Å²) in [6.07, 6.45) is -0.717. The van der Waals surface area contributed by atoms with Gasteiger partial charge >= 0.3 is 0 Å². The van der Waals surface area contributed by atoms with Crippen LogP contribution in [0.15, 0.2) is 18.2 Å². The Morgan fingerprint density at radius 2 is 2.00 bits per heavy atom. The number of benzene rings is 1. The molecule has 2 N–H and O–H groups in total. The summed E-state index contributed by atoms with van der Waals surface area (Å²) in [5.74, 6) is 0.0648. The molecule has 4 nitrogen and oxygen atoms in total. The predicted molar refractivity (Wildman–Crippen MR) is 71.8 cm³/mol. The first-order valence-electron chi connectivity index (χ1n) is 6.34. The lowest BCUT2D eigenvalue weighted by molar-refractivity contribution is 0.0324. The molecule has 0 bridgehead atoms. The number of hydrogen-bond acceptors (Lipinski definition) is 4. The van der Waals surface area contributed by atoms with Crippen LogP contribution >= 0.6 is 0 Å². The number of aliphatic hydroxyl groups is 1. The third-order valence-electron chi connectivity index (χ3n) is 2.45. The van der Waals surface area contributed by atoms with E-state index in [9.17, 15) is 9.50 Å². The predicted octanol–water partition coefficient (Wildman–Crippen LogP) is 1.71. The minimum atomic E-state index is -0.717. The van der Waals surface area contributed by atoms with Gasteiger partial charge in [0.05, 0.1) is 6.61 Å². The van der Waals surface area contributed by atoms with Crippen LogP contribution in [0, 0.1) is 5.82 Å². The van der Waals surface area contributed by atoms with Crippen molar-refractivity contribution in [2.75, 3.05) is 20.3 Å². The highest BCUT2D eigenvalue weighted by molar-refractivity contribution is 5.29. The van der Waals surface area contributed by atoms with Crippen LogP contribution in [-0.4, -0.2) is 37.6 Å². The fraction of sp³-hybridized carbons (Fsp3) is 0.571. The zero-order valence-corrected chi connectivity index (χ0v) is 11.6. The molecule has 1 rings (SSSR count). The molecular weight excluding hydrogens is 249 g/mol. The maximum Gasteiger partial charge on any atom is 0.127 e. The second kappa shape index (κ2) is 8.09. The summed E-state index contributed by atoms with van der Waals surface area (Å²) in [5.41, 5.74) is 0.810. The topological polar surface area (TPSA) is 50.7 Å². The number of aliphatic hydroxyl groups excluding tert-OH is 1. The zero-order valence-electron chi connectivity index (χ0n) is 11.6. The number of hydrogen-bond donors (Lipinski definition) is 2. The van der Waals surface area contributed by atoms with Crippen molar-refractivity contribution < 1.29 is 19.0 Å². The molecule has 0 aromatic heterocycles. The summed E-state index contributed by atoms with van der Waals surface area (Å²) in [7, 11) is 1.50. The highest BCUT2D eigenvalue weighted by Gasteiger charge is 2.07. The smallest absolute Gasteiger partial charge is 0.127 e. The van der Waals surface area contributed by atoms with Crippen LogP contribution in [0.4, 0.5) is 4.39 Å². The Hall–Kier alpha value is -1.17. The van der Waals surface area contributed by atoms with Gasteiger partial charge in [0.1, 0.15) is 24.3 Å². The van der Waals surface area contributed by atoms with Crippen molar-refractivity contribution in [3.8, 4) is 5.75 Å². The lowest BCUT2D eigenvalue weighted by Gasteiger charge is -2.13. The van der Waals surface area contributed by atoms with Gasteiger partial charge in [0, 0.05) is 25.8 Å². The summed E-state index contributed by atoms with van der Waals surface area (Å²) in [4.78, 5) is 0. The Morgan fingerprint density at radius 3 is 2.63 bits per heavy atom. The van der Waals surface area contributed by atoms with Crippen LogP contribution in [0.25, 0.3) is 0 Å². The molecule has 0 aliphatic carbocycles. The number of ether oxygens (including phenoxy) is 2. The molecule has 0 amide bonds. The monoisotopic (exact) mass is 271 g/mol. The quantitative estimate of drug-likeness (QED) is 0.756. The van der Waals surface area contributed by atoms with Crippen LogP contribution < -0.4 is 10.1 Å². The largest absolute Gasteiger partial charge is 0.491 e. The van der Waals surface area contributed by atoms with Gasteiger partial charge in [-0.25, -0.2) is 4.39 Å². The number of methoxy groups -OCH3 is 1. The number of halogens is 1. The molecule has 0 spiro atoms. The molecule has 1 aromatic rings. The summed E-state index contributed by atoms with van der Waals surface area (Å²) in [5, 5.41) is 12.7. The van der Waals surface area contributed by atoms with E-state index in [1.54, 1.807) is 6.07 Å². The first-order valence-corrected chi connectivity index (χ1v) is 6.34. The SMILES string of the molecule is COCC(O)COc1cc(F)cc(CNC(C)C)c1. The van der Waals surface area contributed by atoms with Gasteiger partial charge in [-0.2, -0.15) is 0 Å². The van der Waals surface area contributed by atoms with E-state index < -0.39 is 6.10 Å². The highest BCUT2D eigenvalue weighted by atomic mass is 19.1. The molecule has 1 atom stereocenters. The molecule has 0 fully saturated rings. The third-order valence-corrected chi connectivity index (χ3v) is 2.45. The van der Waals surface area contributed by atoms with Crippen molar-refractivity contribution in [2.24, 2.45) is 0 Å². The zero-order chi connectivity index (χ0) is 14.3. The van der Waals surface area contributed by atoms with Gasteiger partial charge in [-0.3, -0.25) is 0 Å². The molecule has 1 unspecified atom stereocenters. The van der Waals surface area contributed by atoms with Crippen molar-refractivity contribution in [3.63, 3.8) is 0 Å². The molecule has 108 valence electrons. The van der Waals surface area contributed by atoms with Crippen LogP contribution in [-0.2, 0) is 11.3 Å². The second-order valence-electron chi connectivity index (χ2n) is 4.75. The van der Waals surface area contributed by atoms with Crippen LogP contribution in [0.2, 0.25) is 0 Å². The molecular formula is C14H22FNO3. The maximum absolute atomic E-state index is 13.4. The van der Waals surface area contributed by atoms with Crippen molar-refractivity contribution in [1.29, 1.82) is 0 Å². The Bertz CT molecular complexity index is 385. The normalized spacial score (nSPS) is 12.7. The van der Waals surface area contributed by atoms with E-state index in [-0.39, 0.29) is 19.0 Å². The van der Waals surface area contributed by atoms with Gasteiger partial charge in [0.2, 0.25) is 0 Å². The van der Waals surface area contributed by atoms with E-state index in [0.29, 0.717) is 18.3 Å². The van der Waals surface area contributed by atoms with Crippen molar-refractivity contribution in [2.45, 2.75) is 32.5 Å². The van der Waals surface area contributed by atoms with Gasteiger partial charge in [0.25, 0.3) is 0 Å². The van der Waals surface area contributed by atoms with E-state index in [1.807, 2.05) is 13.8 Å². The van der Waals surface area contributed by atoms with E-state index in [4.69, 9.17) is 9.47 Å². The summed E-state index contributed by atoms with van der Waals surface area (Å²) >= 11 is 0. The second-order valence-corrected chi connectivity index (χ2v) is 4.75. The summed E-state index contributed by atoms with van der Waals surface area (Å²) < 4.78 is 23.6. The van der Waals surface area contributed by atoms with Crippen LogP contribution in [0.5, 0.6) is 5.75 Å². The van der Waals surface area contributed by atoms with E-state index >= 15 is 0 Å². The van der Waals surface area contributed by atoms with Crippen molar-refractivity contribution in [3.05, 3.63) is 29.6 Å². The number of rotatable bonds is 8. The molecule has 19 heavy (non-hydrogen) atoms. The van der Waals surface area contributed by atoms with Crippen molar-refractivity contribution >= 4 is 0 Å². The Kier molecular flexibility index (Phi) is 6.77. The summed E-state index contributed by atoms with van der Waals surface area (Å²) in [6.45, 7) is 4.90. The van der Waals surface area contributed by atoms with E-state index in [2.05, 4.69) is 5.32 Å². The average Bonchev–Trinajstić information content (AvgIpc) is 2.34. The molecule has 0 heterocycles.